The van der Waals surface area contributed by atoms with Gasteiger partial charge in [0.25, 0.3) is 17.4 Å². The molecule has 0 saturated heterocycles. The van der Waals surface area contributed by atoms with Gasteiger partial charge in [0.05, 0.1) is 38.3 Å². The average Bonchev–Trinajstić information content (AvgIpc) is 3.66. The van der Waals surface area contributed by atoms with Crippen LogP contribution in [0.1, 0.15) is 40.4 Å². The number of amides is 2. The van der Waals surface area contributed by atoms with Crippen LogP contribution in [0.4, 0.5) is 0 Å². The van der Waals surface area contributed by atoms with Crippen molar-refractivity contribution < 1.29 is 9.59 Å². The number of carbonyl (C=O) groups excluding carboxylic acids is 2. The van der Waals surface area contributed by atoms with Gasteiger partial charge in [-0.25, -0.2) is 14.3 Å². The Bertz CT molecular complexity index is 2010. The van der Waals surface area contributed by atoms with E-state index in [2.05, 4.69) is 16.0 Å². The van der Waals surface area contributed by atoms with E-state index in [0.29, 0.717) is 45.3 Å². The van der Waals surface area contributed by atoms with Crippen LogP contribution >= 0.6 is 11.3 Å². The Balaban J connectivity index is 1.38. The Morgan fingerprint density at radius 3 is 2.33 bits per heavy atom. The van der Waals surface area contributed by atoms with Crippen LogP contribution in [0.3, 0.4) is 0 Å². The Morgan fingerprint density at radius 2 is 1.62 bits per heavy atom. The molecule has 0 aliphatic rings. The monoisotopic (exact) mass is 577 g/mol. The molecule has 4 heterocycles. The van der Waals surface area contributed by atoms with Gasteiger partial charge in [0.2, 0.25) is 0 Å². The molecule has 0 aliphatic heterocycles. The molecule has 0 aliphatic carbocycles. The molecule has 0 saturated carbocycles. The van der Waals surface area contributed by atoms with Crippen molar-refractivity contribution in [3.05, 3.63) is 105 Å². The molecule has 6 aromatic rings. The number of aromatic nitrogens is 5. The fourth-order valence-corrected chi connectivity index (χ4v) is 5.57. The summed E-state index contributed by atoms with van der Waals surface area (Å²) < 4.78 is 3.01. The van der Waals surface area contributed by atoms with Crippen LogP contribution in [-0.2, 0) is 6.54 Å². The first-order chi connectivity index (χ1) is 20.3. The molecule has 0 bridgehead atoms. The molecule has 0 radical (unpaired) electrons. The van der Waals surface area contributed by atoms with E-state index in [1.54, 1.807) is 35.0 Å². The highest BCUT2D eigenvalue weighted by atomic mass is 32.1. The van der Waals surface area contributed by atoms with Gasteiger partial charge in [0.1, 0.15) is 0 Å². The van der Waals surface area contributed by atoms with Gasteiger partial charge in [-0.15, -0.1) is 11.3 Å². The molecule has 4 aromatic heterocycles. The summed E-state index contributed by atoms with van der Waals surface area (Å²) in [7, 11) is 0. The zero-order valence-corrected chi connectivity index (χ0v) is 24.0. The normalized spacial score (nSPS) is 11.3. The topological polar surface area (TPSA) is 124 Å². The molecule has 0 spiro atoms. The summed E-state index contributed by atoms with van der Waals surface area (Å²) in [5.74, 6) is -1.04. The van der Waals surface area contributed by atoms with Crippen molar-refractivity contribution in [2.45, 2.75) is 27.3 Å². The second-order valence-corrected chi connectivity index (χ2v) is 11.2. The molecule has 11 heteroatoms. The van der Waals surface area contributed by atoms with Crippen LogP contribution in [0.5, 0.6) is 0 Å². The number of hydrogen-bond donors (Lipinski definition) is 2. The molecule has 6 rings (SSSR count). The number of aryl methyl sites for hydroxylation is 1. The van der Waals surface area contributed by atoms with Crippen molar-refractivity contribution in [3.63, 3.8) is 0 Å². The number of rotatable bonds is 6. The van der Waals surface area contributed by atoms with E-state index in [-0.39, 0.29) is 17.2 Å². The highest BCUT2D eigenvalue weighted by molar-refractivity contribution is 7.13. The number of fused-ring (bicyclic) bond motifs is 2. The van der Waals surface area contributed by atoms with E-state index in [1.807, 2.05) is 68.6 Å². The molecule has 10 nitrogen and oxygen atoms in total. The number of nitrogens with zero attached hydrogens (tertiary/aromatic N) is 5. The number of pyridine rings is 1. The Hall–Kier alpha value is -5.16. The fourth-order valence-electron chi connectivity index (χ4n) is 4.88. The second kappa shape index (κ2) is 11.0. The van der Waals surface area contributed by atoms with Crippen molar-refractivity contribution in [2.75, 3.05) is 0 Å². The molecule has 42 heavy (non-hydrogen) atoms. The quantitative estimate of drug-likeness (QED) is 0.272. The van der Waals surface area contributed by atoms with Gasteiger partial charge in [0, 0.05) is 11.9 Å². The molecule has 2 N–H and O–H groups in total. The number of thiophene rings is 1. The highest BCUT2D eigenvalue weighted by Crippen LogP contribution is 2.30. The van der Waals surface area contributed by atoms with Crippen molar-refractivity contribution in [3.8, 4) is 16.3 Å². The van der Waals surface area contributed by atoms with E-state index in [9.17, 15) is 14.4 Å². The van der Waals surface area contributed by atoms with E-state index >= 15 is 0 Å². The molecule has 2 aromatic carbocycles. The minimum Gasteiger partial charge on any atom is -0.267 e. The molecular weight excluding hydrogens is 550 g/mol. The standard InChI is InChI=1S/C31H27N7O3S/c1-18(2)17-37-31(41)22-13-8-7-12-21(22)27(36-37)30(40)34-33-29(39)23-16-24(25-14-9-15-42-25)32-28-26(23)19(3)35-38(28)20-10-5-4-6-11-20/h4-16,18H,17H2,1-3H3,(H,33,39)(H,34,40). The van der Waals surface area contributed by atoms with Crippen molar-refractivity contribution in [1.29, 1.82) is 0 Å². The van der Waals surface area contributed by atoms with E-state index < -0.39 is 11.8 Å². The lowest BCUT2D eigenvalue weighted by Gasteiger charge is -2.13. The summed E-state index contributed by atoms with van der Waals surface area (Å²) >= 11 is 1.51. The van der Waals surface area contributed by atoms with Gasteiger partial charge in [-0.3, -0.25) is 25.2 Å². The van der Waals surface area contributed by atoms with Crippen molar-refractivity contribution in [1.82, 2.24) is 35.4 Å². The first-order valence-electron chi connectivity index (χ1n) is 13.4. The Morgan fingerprint density at radius 1 is 0.905 bits per heavy atom. The fraction of sp³-hybridized carbons (Fsp3) is 0.161. The van der Waals surface area contributed by atoms with Crippen LogP contribution < -0.4 is 16.4 Å². The largest absolute Gasteiger partial charge is 0.290 e. The van der Waals surface area contributed by atoms with E-state index in [1.165, 1.54) is 16.0 Å². The number of hydrogen-bond acceptors (Lipinski definition) is 7. The predicted octanol–water partition coefficient (Wildman–Crippen LogP) is 4.90. The predicted molar refractivity (Wildman–Crippen MR) is 163 cm³/mol. The molecule has 0 unspecified atom stereocenters. The summed E-state index contributed by atoms with van der Waals surface area (Å²) in [4.78, 5) is 45.8. The third kappa shape index (κ3) is 4.94. The van der Waals surface area contributed by atoms with Crippen LogP contribution in [-0.4, -0.2) is 36.4 Å². The molecule has 0 atom stereocenters. The zero-order valence-electron chi connectivity index (χ0n) is 23.2. The van der Waals surface area contributed by atoms with Crippen LogP contribution in [0, 0.1) is 12.8 Å². The van der Waals surface area contributed by atoms with Gasteiger partial charge in [-0.1, -0.05) is 56.3 Å². The lowest BCUT2D eigenvalue weighted by atomic mass is 10.1. The van der Waals surface area contributed by atoms with E-state index in [0.717, 1.165) is 10.6 Å². The molecule has 2 amide bonds. The average molecular weight is 578 g/mol. The van der Waals surface area contributed by atoms with E-state index in [4.69, 9.17) is 10.1 Å². The highest BCUT2D eigenvalue weighted by Gasteiger charge is 2.23. The van der Waals surface area contributed by atoms with Crippen LogP contribution in [0.2, 0.25) is 0 Å². The number of carbonyl (C=O) groups is 2. The molecule has 0 fully saturated rings. The number of hydrazine groups is 1. The van der Waals surface area contributed by atoms with Crippen molar-refractivity contribution in [2.24, 2.45) is 5.92 Å². The van der Waals surface area contributed by atoms with Crippen LogP contribution in [0.15, 0.2) is 83.0 Å². The van der Waals surface area contributed by atoms with Gasteiger partial charge in [-0.2, -0.15) is 10.2 Å². The number of nitrogens with one attached hydrogen (secondary N) is 2. The summed E-state index contributed by atoms with van der Waals surface area (Å²) in [6.45, 7) is 6.09. The third-order valence-electron chi connectivity index (χ3n) is 6.74. The molecule has 210 valence electrons. The second-order valence-electron chi connectivity index (χ2n) is 10.2. The van der Waals surface area contributed by atoms with Gasteiger partial charge < -0.3 is 0 Å². The summed E-state index contributed by atoms with van der Waals surface area (Å²) in [5.41, 5.74) is 7.69. The first-order valence-corrected chi connectivity index (χ1v) is 14.3. The lowest BCUT2D eigenvalue weighted by molar-refractivity contribution is 0.0844. The number of benzene rings is 2. The lowest BCUT2D eigenvalue weighted by Crippen LogP contribution is -2.43. The third-order valence-corrected chi connectivity index (χ3v) is 7.63. The van der Waals surface area contributed by atoms with Gasteiger partial charge in [0.15, 0.2) is 11.3 Å². The van der Waals surface area contributed by atoms with Crippen LogP contribution in [0.25, 0.3) is 38.1 Å². The minimum atomic E-state index is -0.641. The summed E-state index contributed by atoms with van der Waals surface area (Å²) in [5, 5.41) is 12.3. The smallest absolute Gasteiger partial charge is 0.267 e. The zero-order chi connectivity index (χ0) is 29.4. The molecular formula is C31H27N7O3S. The number of para-hydroxylation sites is 1. The maximum Gasteiger partial charge on any atom is 0.290 e. The van der Waals surface area contributed by atoms with Crippen molar-refractivity contribution >= 4 is 45.0 Å². The minimum absolute atomic E-state index is 0.0402. The van der Waals surface area contributed by atoms with Gasteiger partial charge >= 0.3 is 0 Å². The first kappa shape index (κ1) is 27.0. The summed E-state index contributed by atoms with van der Waals surface area (Å²) in [6, 6.07) is 21.9. The Labute approximate surface area is 244 Å². The SMILES string of the molecule is Cc1nn(-c2ccccc2)c2nc(-c3cccs3)cc(C(=O)NNC(=O)c3nn(CC(C)C)c(=O)c4ccccc34)c12. The summed E-state index contributed by atoms with van der Waals surface area (Å²) in [6.07, 6.45) is 0. The maximum atomic E-state index is 13.7. The maximum absolute atomic E-state index is 13.7. The van der Waals surface area contributed by atoms with Gasteiger partial charge in [-0.05, 0) is 48.6 Å². The Kier molecular flexibility index (Phi) is 7.09.